The Labute approximate surface area is 116 Å². The van der Waals surface area contributed by atoms with Crippen LogP contribution in [0.2, 0.25) is 0 Å². The number of hydrogen-bond acceptors (Lipinski definition) is 2. The summed E-state index contributed by atoms with van der Waals surface area (Å²) in [7, 11) is 0. The molecule has 0 radical (unpaired) electrons. The Balaban J connectivity index is 3.02. The SMILES string of the molecule is CC(C)(C)N[C@@H](C(=O)O)c1ccc(C(C)(C)C)cc1. The zero-order valence-corrected chi connectivity index (χ0v) is 12.7. The molecule has 1 rings (SSSR count). The Hall–Kier alpha value is -1.35. The van der Waals surface area contributed by atoms with Gasteiger partial charge in [-0.2, -0.15) is 0 Å². The number of nitrogens with one attached hydrogen (secondary N) is 1. The van der Waals surface area contributed by atoms with Crippen LogP contribution in [-0.4, -0.2) is 16.6 Å². The summed E-state index contributed by atoms with van der Waals surface area (Å²) in [6.07, 6.45) is 0. The van der Waals surface area contributed by atoms with Crippen molar-refractivity contribution in [1.29, 1.82) is 0 Å². The number of carbonyl (C=O) groups is 1. The van der Waals surface area contributed by atoms with Crippen LogP contribution >= 0.6 is 0 Å². The third-order valence-corrected chi connectivity index (χ3v) is 2.93. The standard InChI is InChI=1S/C16H25NO2/c1-15(2,3)12-9-7-11(8-10-12)13(14(18)19)17-16(4,5)6/h7-10,13,17H,1-6H3,(H,18,19)/t13-/m1/s1. The molecule has 0 bridgehead atoms. The molecule has 19 heavy (non-hydrogen) atoms. The van der Waals surface area contributed by atoms with E-state index in [1.54, 1.807) is 0 Å². The van der Waals surface area contributed by atoms with Gasteiger partial charge in [0.25, 0.3) is 0 Å². The average Bonchev–Trinajstić information content (AvgIpc) is 2.23. The van der Waals surface area contributed by atoms with Gasteiger partial charge in [-0.15, -0.1) is 0 Å². The lowest BCUT2D eigenvalue weighted by Gasteiger charge is -2.27. The van der Waals surface area contributed by atoms with E-state index in [1.807, 2.05) is 45.0 Å². The van der Waals surface area contributed by atoms with Crippen molar-refractivity contribution in [3.63, 3.8) is 0 Å². The van der Waals surface area contributed by atoms with Crippen molar-refractivity contribution in [3.05, 3.63) is 35.4 Å². The van der Waals surface area contributed by atoms with E-state index in [2.05, 4.69) is 26.1 Å². The molecule has 3 heteroatoms. The van der Waals surface area contributed by atoms with Gasteiger partial charge in [0, 0.05) is 5.54 Å². The van der Waals surface area contributed by atoms with E-state index in [-0.39, 0.29) is 11.0 Å². The molecule has 0 spiro atoms. The van der Waals surface area contributed by atoms with E-state index < -0.39 is 12.0 Å². The van der Waals surface area contributed by atoms with Gasteiger partial charge >= 0.3 is 5.97 Å². The van der Waals surface area contributed by atoms with Gasteiger partial charge in [0.15, 0.2) is 0 Å². The highest BCUT2D eigenvalue weighted by molar-refractivity contribution is 5.75. The van der Waals surface area contributed by atoms with Crippen LogP contribution in [0.1, 0.15) is 58.7 Å². The molecule has 0 aromatic heterocycles. The summed E-state index contributed by atoms with van der Waals surface area (Å²) in [6, 6.07) is 7.15. The Morgan fingerprint density at radius 1 is 1.05 bits per heavy atom. The van der Waals surface area contributed by atoms with Gasteiger partial charge in [-0.1, -0.05) is 45.0 Å². The first-order chi connectivity index (χ1) is 8.50. The van der Waals surface area contributed by atoms with Gasteiger partial charge in [-0.3, -0.25) is 10.1 Å². The Bertz CT molecular complexity index is 435. The van der Waals surface area contributed by atoms with Crippen molar-refractivity contribution in [2.75, 3.05) is 0 Å². The lowest BCUT2D eigenvalue weighted by Crippen LogP contribution is -2.42. The molecular formula is C16H25NO2. The van der Waals surface area contributed by atoms with Crippen LogP contribution in [0.15, 0.2) is 24.3 Å². The van der Waals surface area contributed by atoms with E-state index in [1.165, 1.54) is 5.56 Å². The number of benzene rings is 1. The van der Waals surface area contributed by atoms with Crippen molar-refractivity contribution in [3.8, 4) is 0 Å². The number of aliphatic carboxylic acids is 1. The molecule has 0 unspecified atom stereocenters. The van der Waals surface area contributed by atoms with E-state index in [4.69, 9.17) is 0 Å². The van der Waals surface area contributed by atoms with Crippen LogP contribution < -0.4 is 5.32 Å². The fourth-order valence-electron chi connectivity index (χ4n) is 1.90. The van der Waals surface area contributed by atoms with Crippen LogP contribution in [0.25, 0.3) is 0 Å². The monoisotopic (exact) mass is 263 g/mol. The second kappa shape index (κ2) is 5.33. The third kappa shape index (κ3) is 4.67. The molecule has 1 aromatic carbocycles. The maximum absolute atomic E-state index is 11.4. The summed E-state index contributed by atoms with van der Waals surface area (Å²) in [5.74, 6) is -0.849. The van der Waals surface area contributed by atoms with E-state index >= 15 is 0 Å². The average molecular weight is 263 g/mol. The first kappa shape index (κ1) is 15.7. The van der Waals surface area contributed by atoms with Gasteiger partial charge in [0.2, 0.25) is 0 Å². The smallest absolute Gasteiger partial charge is 0.325 e. The van der Waals surface area contributed by atoms with Crippen LogP contribution in [0.3, 0.4) is 0 Å². The summed E-state index contributed by atoms with van der Waals surface area (Å²) in [5, 5.41) is 12.5. The molecule has 0 heterocycles. The van der Waals surface area contributed by atoms with E-state index in [0.29, 0.717) is 0 Å². The minimum absolute atomic E-state index is 0.0781. The lowest BCUT2D eigenvalue weighted by molar-refractivity contribution is -0.140. The van der Waals surface area contributed by atoms with Crippen molar-refractivity contribution < 1.29 is 9.90 Å². The molecule has 0 amide bonds. The lowest BCUT2D eigenvalue weighted by atomic mass is 9.86. The highest BCUT2D eigenvalue weighted by atomic mass is 16.4. The van der Waals surface area contributed by atoms with Crippen molar-refractivity contribution >= 4 is 5.97 Å². The predicted octanol–water partition coefficient (Wildman–Crippen LogP) is 3.50. The fraction of sp³-hybridized carbons (Fsp3) is 0.562. The Morgan fingerprint density at radius 3 is 1.84 bits per heavy atom. The van der Waals surface area contributed by atoms with Crippen molar-refractivity contribution in [2.24, 2.45) is 0 Å². The summed E-state index contributed by atoms with van der Waals surface area (Å²) in [6.45, 7) is 12.3. The number of hydrogen-bond donors (Lipinski definition) is 2. The van der Waals surface area contributed by atoms with Crippen LogP contribution in [-0.2, 0) is 10.2 Å². The molecule has 0 aliphatic heterocycles. The highest BCUT2D eigenvalue weighted by Crippen LogP contribution is 2.24. The molecular weight excluding hydrogens is 238 g/mol. The first-order valence-electron chi connectivity index (χ1n) is 6.62. The molecule has 0 fully saturated rings. The summed E-state index contributed by atoms with van der Waals surface area (Å²) in [5.41, 5.74) is 1.83. The predicted molar refractivity (Wildman–Crippen MR) is 78.4 cm³/mol. The molecule has 3 nitrogen and oxygen atoms in total. The molecule has 0 saturated heterocycles. The number of carboxylic acids is 1. The molecule has 0 aliphatic rings. The van der Waals surface area contributed by atoms with Gasteiger partial charge in [0.1, 0.15) is 6.04 Å². The molecule has 2 N–H and O–H groups in total. The van der Waals surface area contributed by atoms with Crippen LogP contribution in [0, 0.1) is 0 Å². The minimum atomic E-state index is -0.849. The van der Waals surface area contributed by atoms with E-state index in [0.717, 1.165) is 5.56 Å². The van der Waals surface area contributed by atoms with Gasteiger partial charge in [-0.25, -0.2) is 0 Å². The third-order valence-electron chi connectivity index (χ3n) is 2.93. The summed E-state index contributed by atoms with van der Waals surface area (Å²) >= 11 is 0. The van der Waals surface area contributed by atoms with Crippen LogP contribution in [0.4, 0.5) is 0 Å². The van der Waals surface area contributed by atoms with Crippen LogP contribution in [0.5, 0.6) is 0 Å². The number of rotatable bonds is 3. The summed E-state index contributed by atoms with van der Waals surface area (Å²) < 4.78 is 0. The molecule has 0 saturated carbocycles. The minimum Gasteiger partial charge on any atom is -0.480 e. The van der Waals surface area contributed by atoms with Crippen molar-refractivity contribution in [2.45, 2.75) is 58.5 Å². The zero-order chi connectivity index (χ0) is 14.8. The second-order valence-electron chi connectivity index (χ2n) is 7.04. The van der Waals surface area contributed by atoms with Gasteiger partial charge in [-0.05, 0) is 37.3 Å². The molecule has 1 atom stereocenters. The quantitative estimate of drug-likeness (QED) is 0.877. The Kier molecular flexibility index (Phi) is 4.41. The molecule has 0 aliphatic carbocycles. The second-order valence-corrected chi connectivity index (χ2v) is 7.04. The first-order valence-corrected chi connectivity index (χ1v) is 6.62. The molecule has 1 aromatic rings. The highest BCUT2D eigenvalue weighted by Gasteiger charge is 2.25. The topological polar surface area (TPSA) is 49.3 Å². The Morgan fingerprint density at radius 2 is 1.53 bits per heavy atom. The largest absolute Gasteiger partial charge is 0.480 e. The molecule has 106 valence electrons. The van der Waals surface area contributed by atoms with Gasteiger partial charge in [0.05, 0.1) is 0 Å². The van der Waals surface area contributed by atoms with Gasteiger partial charge < -0.3 is 5.11 Å². The normalized spacial score (nSPS) is 14.2. The fourth-order valence-corrected chi connectivity index (χ4v) is 1.90. The van der Waals surface area contributed by atoms with Crippen molar-refractivity contribution in [1.82, 2.24) is 5.32 Å². The summed E-state index contributed by atoms with van der Waals surface area (Å²) in [4.78, 5) is 11.4. The van der Waals surface area contributed by atoms with E-state index in [9.17, 15) is 9.90 Å². The maximum atomic E-state index is 11.4. The maximum Gasteiger partial charge on any atom is 0.325 e. The number of carboxylic acid groups (broad SMARTS) is 1. The zero-order valence-electron chi connectivity index (χ0n) is 12.7.